The molecule has 15 heavy (non-hydrogen) atoms. The van der Waals surface area contributed by atoms with Gasteiger partial charge in [0.1, 0.15) is 0 Å². The van der Waals surface area contributed by atoms with Crippen molar-refractivity contribution in [2.75, 3.05) is 26.2 Å². The number of halogens is 1. The number of likely N-dealkylation sites (tertiary alicyclic amines) is 1. The molecule has 0 saturated carbocycles. The third-order valence-electron chi connectivity index (χ3n) is 2.95. The van der Waals surface area contributed by atoms with E-state index in [0.29, 0.717) is 3.92 Å². The minimum Gasteiger partial charge on any atom is -0.386 e. The quantitative estimate of drug-likeness (QED) is 0.618. The summed E-state index contributed by atoms with van der Waals surface area (Å²) in [4.78, 5) is 2.57. The van der Waals surface area contributed by atoms with Crippen molar-refractivity contribution in [3.63, 3.8) is 0 Å². The molecule has 3 heteroatoms. The summed E-state index contributed by atoms with van der Waals surface area (Å²) in [6.45, 7) is 9.22. The highest BCUT2D eigenvalue weighted by molar-refractivity contribution is 14.1. The van der Waals surface area contributed by atoms with Crippen LogP contribution in [-0.4, -0.2) is 35.0 Å². The molecule has 1 saturated heterocycles. The van der Waals surface area contributed by atoms with Crippen LogP contribution in [0.5, 0.6) is 0 Å². The fourth-order valence-corrected chi connectivity index (χ4v) is 2.59. The first-order valence-electron chi connectivity index (χ1n) is 6.00. The van der Waals surface area contributed by atoms with Crippen molar-refractivity contribution in [3.05, 3.63) is 11.8 Å². The van der Waals surface area contributed by atoms with Crippen LogP contribution < -0.4 is 5.32 Å². The van der Waals surface area contributed by atoms with Crippen molar-refractivity contribution in [2.24, 2.45) is 0 Å². The summed E-state index contributed by atoms with van der Waals surface area (Å²) >= 11 is 2.45. The molecule has 88 valence electrons. The molecule has 2 nitrogen and oxygen atoms in total. The Balaban J connectivity index is 2.14. The van der Waals surface area contributed by atoms with Crippen LogP contribution in [0.4, 0.5) is 0 Å². The monoisotopic (exact) mass is 322 g/mol. The van der Waals surface area contributed by atoms with Gasteiger partial charge in [0.2, 0.25) is 0 Å². The van der Waals surface area contributed by atoms with E-state index in [0.717, 1.165) is 6.54 Å². The topological polar surface area (TPSA) is 15.3 Å². The molecule has 0 spiro atoms. The average molecular weight is 322 g/mol. The van der Waals surface area contributed by atoms with Crippen molar-refractivity contribution in [2.45, 2.75) is 37.0 Å². The standard InChI is InChI=1S/C12H23IN2/c1-3-12(11(2)13)14-7-10-15-8-5-4-6-9-15/h3,11,14H,4-10H2,1-2H3/b12-3+/t11-/m1/s1. The van der Waals surface area contributed by atoms with Crippen LogP contribution in [0.1, 0.15) is 33.1 Å². The van der Waals surface area contributed by atoms with Crippen molar-refractivity contribution >= 4 is 22.6 Å². The van der Waals surface area contributed by atoms with E-state index in [1.165, 1.54) is 44.6 Å². The Morgan fingerprint density at radius 3 is 2.60 bits per heavy atom. The summed E-state index contributed by atoms with van der Waals surface area (Å²) in [5, 5.41) is 3.53. The van der Waals surface area contributed by atoms with E-state index < -0.39 is 0 Å². The molecular formula is C12H23IN2. The maximum absolute atomic E-state index is 3.53. The number of piperidine rings is 1. The Morgan fingerprint density at radius 1 is 1.40 bits per heavy atom. The molecule has 1 rings (SSSR count). The number of nitrogens with zero attached hydrogens (tertiary/aromatic N) is 1. The first-order chi connectivity index (χ1) is 7.24. The highest BCUT2D eigenvalue weighted by Crippen LogP contribution is 2.10. The Bertz CT molecular complexity index is 196. The number of allylic oxidation sites excluding steroid dienone is 2. The van der Waals surface area contributed by atoms with Gasteiger partial charge >= 0.3 is 0 Å². The van der Waals surface area contributed by atoms with Crippen LogP contribution in [-0.2, 0) is 0 Å². The molecule has 0 aromatic heterocycles. The molecule has 0 aliphatic carbocycles. The maximum atomic E-state index is 3.53. The average Bonchev–Trinajstić information content (AvgIpc) is 2.25. The Hall–Kier alpha value is 0.230. The van der Waals surface area contributed by atoms with Crippen LogP contribution in [0.15, 0.2) is 11.8 Å². The minimum absolute atomic E-state index is 0.592. The lowest BCUT2D eigenvalue weighted by molar-refractivity contribution is 0.231. The SMILES string of the molecule is C/C=C(/NCCN1CCCCC1)[C@@H](C)I. The predicted octanol–water partition coefficient (Wildman–Crippen LogP) is 2.79. The van der Waals surface area contributed by atoms with Crippen LogP contribution in [0.2, 0.25) is 0 Å². The predicted molar refractivity (Wildman–Crippen MR) is 75.5 cm³/mol. The lowest BCUT2D eigenvalue weighted by Crippen LogP contribution is -2.36. The summed E-state index contributed by atoms with van der Waals surface area (Å²) in [7, 11) is 0. The number of hydrogen-bond acceptors (Lipinski definition) is 2. The first kappa shape index (κ1) is 13.3. The van der Waals surface area contributed by atoms with Crippen LogP contribution >= 0.6 is 22.6 Å². The second kappa shape index (κ2) is 7.49. The number of rotatable bonds is 5. The van der Waals surface area contributed by atoms with Gasteiger partial charge in [-0.05, 0) is 39.8 Å². The first-order valence-corrected chi connectivity index (χ1v) is 7.25. The molecule has 1 aliphatic rings. The summed E-state index contributed by atoms with van der Waals surface area (Å²) in [6.07, 6.45) is 6.39. The zero-order chi connectivity index (χ0) is 11.1. The van der Waals surface area contributed by atoms with Crippen molar-refractivity contribution < 1.29 is 0 Å². The fraction of sp³-hybridized carbons (Fsp3) is 0.833. The van der Waals surface area contributed by atoms with Crippen LogP contribution in [0, 0.1) is 0 Å². The lowest BCUT2D eigenvalue weighted by atomic mass is 10.1. The van der Waals surface area contributed by atoms with E-state index >= 15 is 0 Å². The highest BCUT2D eigenvalue weighted by Gasteiger charge is 2.09. The van der Waals surface area contributed by atoms with Crippen LogP contribution in [0.25, 0.3) is 0 Å². The van der Waals surface area contributed by atoms with E-state index in [1.807, 2.05) is 0 Å². The van der Waals surface area contributed by atoms with Gasteiger partial charge in [0.15, 0.2) is 0 Å². The van der Waals surface area contributed by atoms with Gasteiger partial charge < -0.3 is 10.2 Å². The molecule has 0 aromatic rings. The molecule has 0 radical (unpaired) electrons. The molecule has 1 heterocycles. The van der Waals surface area contributed by atoms with E-state index in [4.69, 9.17) is 0 Å². The Morgan fingerprint density at radius 2 is 2.07 bits per heavy atom. The number of hydrogen-bond donors (Lipinski definition) is 1. The molecule has 1 aliphatic heterocycles. The molecule has 0 amide bonds. The van der Waals surface area contributed by atoms with Crippen molar-refractivity contribution in [1.29, 1.82) is 0 Å². The second-order valence-corrected chi connectivity index (χ2v) is 6.06. The fourth-order valence-electron chi connectivity index (χ4n) is 2.01. The van der Waals surface area contributed by atoms with Gasteiger partial charge in [0.05, 0.1) is 0 Å². The number of nitrogens with one attached hydrogen (secondary N) is 1. The normalized spacial score (nSPS) is 21.4. The van der Waals surface area contributed by atoms with E-state index in [2.05, 4.69) is 52.7 Å². The summed E-state index contributed by atoms with van der Waals surface area (Å²) in [5.41, 5.74) is 1.37. The van der Waals surface area contributed by atoms with Gasteiger partial charge in [0.25, 0.3) is 0 Å². The lowest BCUT2D eigenvalue weighted by Gasteiger charge is -2.27. The van der Waals surface area contributed by atoms with Crippen molar-refractivity contribution in [1.82, 2.24) is 10.2 Å². The third-order valence-corrected chi connectivity index (χ3v) is 3.62. The van der Waals surface area contributed by atoms with E-state index in [9.17, 15) is 0 Å². The zero-order valence-electron chi connectivity index (χ0n) is 9.93. The second-order valence-electron chi connectivity index (χ2n) is 4.19. The molecule has 0 bridgehead atoms. The largest absolute Gasteiger partial charge is 0.386 e. The molecule has 0 unspecified atom stereocenters. The Labute approximate surface area is 108 Å². The zero-order valence-corrected chi connectivity index (χ0v) is 12.1. The van der Waals surface area contributed by atoms with Gasteiger partial charge in [-0.15, -0.1) is 0 Å². The summed E-state index contributed by atoms with van der Waals surface area (Å²) in [6, 6.07) is 0. The van der Waals surface area contributed by atoms with Gasteiger partial charge in [0, 0.05) is 22.7 Å². The van der Waals surface area contributed by atoms with Gasteiger partial charge in [-0.2, -0.15) is 0 Å². The summed E-state index contributed by atoms with van der Waals surface area (Å²) in [5.74, 6) is 0. The van der Waals surface area contributed by atoms with Crippen molar-refractivity contribution in [3.8, 4) is 0 Å². The molecule has 1 fully saturated rings. The van der Waals surface area contributed by atoms with Gasteiger partial charge in [-0.25, -0.2) is 0 Å². The van der Waals surface area contributed by atoms with E-state index in [-0.39, 0.29) is 0 Å². The molecule has 0 aromatic carbocycles. The maximum Gasteiger partial charge on any atom is 0.0475 e. The molecule has 1 atom stereocenters. The minimum atomic E-state index is 0.592. The molecular weight excluding hydrogens is 299 g/mol. The number of alkyl halides is 1. The van der Waals surface area contributed by atoms with Gasteiger partial charge in [-0.1, -0.05) is 35.1 Å². The third kappa shape index (κ3) is 5.20. The summed E-state index contributed by atoms with van der Waals surface area (Å²) < 4.78 is 0.592. The Kier molecular flexibility index (Phi) is 6.64. The highest BCUT2D eigenvalue weighted by atomic mass is 127. The van der Waals surface area contributed by atoms with Gasteiger partial charge in [-0.3, -0.25) is 0 Å². The smallest absolute Gasteiger partial charge is 0.0475 e. The van der Waals surface area contributed by atoms with Crippen LogP contribution in [0.3, 0.4) is 0 Å². The van der Waals surface area contributed by atoms with E-state index in [1.54, 1.807) is 0 Å². The molecule has 1 N–H and O–H groups in total.